The van der Waals surface area contributed by atoms with E-state index >= 15 is 0 Å². The summed E-state index contributed by atoms with van der Waals surface area (Å²) in [6, 6.07) is 18.3. The Hall–Kier alpha value is -3.32. The van der Waals surface area contributed by atoms with Crippen LogP contribution in [0.3, 0.4) is 0 Å². The summed E-state index contributed by atoms with van der Waals surface area (Å²) in [5.74, 6) is 1.58. The average molecular weight is 452 g/mol. The van der Waals surface area contributed by atoms with Crippen LogP contribution in [0.15, 0.2) is 63.5 Å². The Labute approximate surface area is 176 Å². The summed E-state index contributed by atoms with van der Waals surface area (Å²) < 4.78 is 17.6. The molecule has 0 atom stereocenters. The van der Waals surface area contributed by atoms with Crippen molar-refractivity contribution in [2.75, 3.05) is 12.8 Å². The van der Waals surface area contributed by atoms with Crippen molar-refractivity contribution in [1.29, 1.82) is 0 Å². The number of ether oxygens (including phenoxy) is 2. The fraction of sp³-hybridized carbons (Fsp3) is 0.0909. The number of fused-ring (bicyclic) bond motifs is 1. The SMILES string of the molecule is COc1cc(/C=C/c2nnc(N)o2)cc(Br)c1OCc1cccc2ccccc12. The Morgan fingerprint density at radius 1 is 1.07 bits per heavy atom. The molecule has 0 aliphatic rings. The number of methoxy groups -OCH3 is 1. The smallest absolute Gasteiger partial charge is 0.313 e. The van der Waals surface area contributed by atoms with Gasteiger partial charge < -0.3 is 19.6 Å². The molecule has 0 aliphatic carbocycles. The molecule has 0 aliphatic heterocycles. The second kappa shape index (κ2) is 8.36. The summed E-state index contributed by atoms with van der Waals surface area (Å²) in [5, 5.41) is 9.78. The van der Waals surface area contributed by atoms with Crippen molar-refractivity contribution >= 4 is 44.9 Å². The van der Waals surface area contributed by atoms with E-state index in [-0.39, 0.29) is 6.01 Å². The van der Waals surface area contributed by atoms with E-state index in [1.54, 1.807) is 13.2 Å². The number of aromatic nitrogens is 2. The van der Waals surface area contributed by atoms with Crippen LogP contribution < -0.4 is 15.2 Å². The minimum atomic E-state index is 0.0283. The van der Waals surface area contributed by atoms with Gasteiger partial charge in [-0.15, -0.1) is 5.10 Å². The molecule has 146 valence electrons. The van der Waals surface area contributed by atoms with E-state index in [0.29, 0.717) is 24.0 Å². The van der Waals surface area contributed by atoms with Gasteiger partial charge in [-0.2, -0.15) is 0 Å². The predicted octanol–water partition coefficient (Wildman–Crippen LogP) is 5.33. The van der Waals surface area contributed by atoms with Crippen molar-refractivity contribution in [1.82, 2.24) is 10.2 Å². The number of nitrogen functional groups attached to an aromatic ring is 1. The van der Waals surface area contributed by atoms with Crippen molar-refractivity contribution in [2.45, 2.75) is 6.61 Å². The monoisotopic (exact) mass is 451 g/mol. The zero-order valence-corrected chi connectivity index (χ0v) is 17.2. The van der Waals surface area contributed by atoms with Gasteiger partial charge in [-0.1, -0.05) is 47.6 Å². The van der Waals surface area contributed by atoms with E-state index in [0.717, 1.165) is 15.6 Å². The van der Waals surface area contributed by atoms with Crippen molar-refractivity contribution in [3.8, 4) is 11.5 Å². The maximum absolute atomic E-state index is 6.12. The summed E-state index contributed by atoms with van der Waals surface area (Å²) in [6.45, 7) is 0.423. The molecule has 4 rings (SSSR count). The molecule has 6 nitrogen and oxygen atoms in total. The summed E-state index contributed by atoms with van der Waals surface area (Å²) in [4.78, 5) is 0. The molecule has 2 N–H and O–H groups in total. The van der Waals surface area contributed by atoms with Gasteiger partial charge in [0.2, 0.25) is 5.89 Å². The first-order valence-electron chi connectivity index (χ1n) is 8.88. The Morgan fingerprint density at radius 2 is 1.90 bits per heavy atom. The number of nitrogens with two attached hydrogens (primary N) is 1. The molecule has 0 saturated carbocycles. The van der Waals surface area contributed by atoms with Crippen LogP contribution in [0.25, 0.3) is 22.9 Å². The van der Waals surface area contributed by atoms with Gasteiger partial charge in [0.25, 0.3) is 0 Å². The van der Waals surface area contributed by atoms with E-state index in [2.05, 4.69) is 50.4 Å². The molecule has 0 spiro atoms. The number of nitrogens with zero attached hydrogens (tertiary/aromatic N) is 2. The van der Waals surface area contributed by atoms with Crippen LogP contribution in [-0.4, -0.2) is 17.3 Å². The summed E-state index contributed by atoms with van der Waals surface area (Å²) in [5.41, 5.74) is 7.42. The minimum Gasteiger partial charge on any atom is -0.493 e. The van der Waals surface area contributed by atoms with Gasteiger partial charge in [0.1, 0.15) is 6.61 Å². The molecule has 0 saturated heterocycles. The lowest BCUT2D eigenvalue weighted by Crippen LogP contribution is -1.99. The molecule has 0 unspecified atom stereocenters. The van der Waals surface area contributed by atoms with Gasteiger partial charge >= 0.3 is 6.01 Å². The molecule has 0 radical (unpaired) electrons. The zero-order valence-electron chi connectivity index (χ0n) is 15.6. The Kier molecular flexibility index (Phi) is 5.48. The third kappa shape index (κ3) is 4.25. The highest BCUT2D eigenvalue weighted by atomic mass is 79.9. The van der Waals surface area contributed by atoms with Crippen LogP contribution in [0, 0.1) is 0 Å². The minimum absolute atomic E-state index is 0.0283. The molecule has 0 amide bonds. The van der Waals surface area contributed by atoms with Crippen molar-refractivity contribution in [2.24, 2.45) is 0 Å². The topological polar surface area (TPSA) is 83.4 Å². The quantitative estimate of drug-likeness (QED) is 0.426. The van der Waals surface area contributed by atoms with Crippen LogP contribution >= 0.6 is 15.9 Å². The number of hydrogen-bond acceptors (Lipinski definition) is 6. The summed E-state index contributed by atoms with van der Waals surface area (Å²) >= 11 is 3.58. The highest BCUT2D eigenvalue weighted by Gasteiger charge is 2.12. The molecule has 29 heavy (non-hydrogen) atoms. The number of rotatable bonds is 6. The van der Waals surface area contributed by atoms with Crippen molar-refractivity contribution < 1.29 is 13.9 Å². The van der Waals surface area contributed by atoms with E-state index < -0.39 is 0 Å². The molecular weight excluding hydrogens is 434 g/mol. The van der Waals surface area contributed by atoms with Crippen LogP contribution in [0.2, 0.25) is 0 Å². The number of benzene rings is 3. The van der Waals surface area contributed by atoms with Gasteiger partial charge in [-0.3, -0.25) is 0 Å². The van der Waals surface area contributed by atoms with E-state index in [1.165, 1.54) is 10.8 Å². The maximum atomic E-state index is 6.12. The van der Waals surface area contributed by atoms with E-state index in [4.69, 9.17) is 19.6 Å². The first kappa shape index (κ1) is 19.0. The largest absolute Gasteiger partial charge is 0.493 e. The molecule has 0 fully saturated rings. The first-order valence-corrected chi connectivity index (χ1v) is 9.67. The third-order valence-corrected chi connectivity index (χ3v) is 4.97. The molecule has 1 heterocycles. The van der Waals surface area contributed by atoms with Crippen molar-refractivity contribution in [3.05, 3.63) is 76.1 Å². The van der Waals surface area contributed by atoms with E-state index in [1.807, 2.05) is 36.4 Å². The molecule has 1 aromatic heterocycles. The van der Waals surface area contributed by atoms with Crippen molar-refractivity contribution in [3.63, 3.8) is 0 Å². The van der Waals surface area contributed by atoms with E-state index in [9.17, 15) is 0 Å². The van der Waals surface area contributed by atoms with Crippen LogP contribution in [-0.2, 0) is 6.61 Å². The molecular formula is C22H18BrN3O3. The highest BCUT2D eigenvalue weighted by molar-refractivity contribution is 9.10. The number of halogens is 1. The molecule has 4 aromatic rings. The second-order valence-electron chi connectivity index (χ2n) is 6.27. The maximum Gasteiger partial charge on any atom is 0.313 e. The molecule has 0 bridgehead atoms. The van der Waals surface area contributed by atoms with Crippen LogP contribution in [0.4, 0.5) is 6.01 Å². The fourth-order valence-corrected chi connectivity index (χ4v) is 3.60. The van der Waals surface area contributed by atoms with Gasteiger partial charge in [-0.25, -0.2) is 0 Å². The Balaban J connectivity index is 1.58. The lowest BCUT2D eigenvalue weighted by Gasteiger charge is -2.14. The van der Waals surface area contributed by atoms with Crippen LogP contribution in [0.5, 0.6) is 11.5 Å². The third-order valence-electron chi connectivity index (χ3n) is 4.38. The van der Waals surface area contributed by atoms with Gasteiger partial charge in [0.15, 0.2) is 11.5 Å². The number of hydrogen-bond donors (Lipinski definition) is 1. The fourth-order valence-electron chi connectivity index (χ4n) is 3.03. The van der Waals surface area contributed by atoms with Gasteiger partial charge in [0, 0.05) is 6.08 Å². The standard InChI is InChI=1S/C22H18BrN3O3/c1-27-19-12-14(9-10-20-25-26-22(24)29-20)11-18(23)21(19)28-13-16-7-4-6-15-5-2-3-8-17(15)16/h2-12H,13H2,1H3,(H2,24,26)/b10-9+. The summed E-state index contributed by atoms with van der Waals surface area (Å²) in [6.07, 6.45) is 3.51. The summed E-state index contributed by atoms with van der Waals surface area (Å²) in [7, 11) is 1.61. The lowest BCUT2D eigenvalue weighted by molar-refractivity contribution is 0.283. The Bertz CT molecular complexity index is 1180. The first-order chi connectivity index (χ1) is 14.1. The second-order valence-corrected chi connectivity index (χ2v) is 7.13. The van der Waals surface area contributed by atoms with Crippen LogP contribution in [0.1, 0.15) is 17.0 Å². The lowest BCUT2D eigenvalue weighted by atomic mass is 10.1. The Morgan fingerprint density at radius 3 is 2.69 bits per heavy atom. The predicted molar refractivity (Wildman–Crippen MR) is 117 cm³/mol. The highest BCUT2D eigenvalue weighted by Crippen LogP contribution is 2.38. The molecule has 3 aromatic carbocycles. The average Bonchev–Trinajstić information content (AvgIpc) is 3.16. The normalized spacial score (nSPS) is 11.2. The van der Waals surface area contributed by atoms with Gasteiger partial charge in [0.05, 0.1) is 11.6 Å². The zero-order chi connectivity index (χ0) is 20.2. The van der Waals surface area contributed by atoms with Gasteiger partial charge in [-0.05, 0) is 56.0 Å². The number of anilines is 1. The molecule has 7 heteroatoms.